The molecule has 0 aromatic heterocycles. The van der Waals surface area contributed by atoms with Crippen molar-refractivity contribution < 1.29 is 9.59 Å². The highest BCUT2D eigenvalue weighted by atomic mass is 16.2. The summed E-state index contributed by atoms with van der Waals surface area (Å²) >= 11 is 0. The fraction of sp³-hybridized carbons (Fsp3) is 0.273. The topological polar surface area (TPSA) is 61.4 Å². The number of carbonyl (C=O) groups is 2. The smallest absolute Gasteiger partial charge is 0.269 e. The number of aryl methyl sites for hydroxylation is 2. The zero-order valence-electron chi connectivity index (χ0n) is 15.4. The summed E-state index contributed by atoms with van der Waals surface area (Å²) in [5, 5.41) is 4.61. The molecule has 1 atom stereocenters. The summed E-state index contributed by atoms with van der Waals surface area (Å²) in [4.78, 5) is 25.2. The second kappa shape index (κ2) is 7.27. The zero-order chi connectivity index (χ0) is 18.8. The molecule has 0 saturated carbocycles. The van der Waals surface area contributed by atoms with Gasteiger partial charge < -0.3 is 5.32 Å². The van der Waals surface area contributed by atoms with E-state index in [9.17, 15) is 9.59 Å². The number of benzene rings is 2. The summed E-state index contributed by atoms with van der Waals surface area (Å²) < 4.78 is 0. The van der Waals surface area contributed by atoms with Crippen LogP contribution in [0.2, 0.25) is 0 Å². The van der Waals surface area contributed by atoms with Crippen LogP contribution in [-0.4, -0.2) is 11.8 Å². The summed E-state index contributed by atoms with van der Waals surface area (Å²) in [6.45, 7) is 1.95. The molecular formula is C22H23N3O2. The average molecular weight is 361 g/mol. The van der Waals surface area contributed by atoms with Crippen LogP contribution in [-0.2, 0) is 16.0 Å². The van der Waals surface area contributed by atoms with Gasteiger partial charge in [0.2, 0.25) is 5.91 Å². The third-order valence-corrected chi connectivity index (χ3v) is 5.24. The third kappa shape index (κ3) is 3.45. The second-order valence-electron chi connectivity index (χ2n) is 7.07. The molecule has 27 heavy (non-hydrogen) atoms. The number of hydrogen-bond donors (Lipinski definition) is 2. The minimum absolute atomic E-state index is 0.00897. The lowest BCUT2D eigenvalue weighted by atomic mass is 9.87. The van der Waals surface area contributed by atoms with Crippen LogP contribution in [0.4, 0.5) is 5.69 Å². The van der Waals surface area contributed by atoms with Crippen molar-refractivity contribution >= 4 is 17.5 Å². The van der Waals surface area contributed by atoms with Crippen LogP contribution in [0.15, 0.2) is 60.3 Å². The van der Waals surface area contributed by atoms with Crippen molar-refractivity contribution in [2.45, 2.75) is 38.6 Å². The van der Waals surface area contributed by atoms with Gasteiger partial charge in [0.25, 0.3) is 5.91 Å². The van der Waals surface area contributed by atoms with Crippen molar-refractivity contribution in [1.29, 1.82) is 0 Å². The van der Waals surface area contributed by atoms with Gasteiger partial charge in [-0.1, -0.05) is 42.5 Å². The molecular weight excluding hydrogens is 338 g/mol. The SMILES string of the molecule is Cc1ccccc1N1NC(C(=O)N[C@@H]2CCCc3ccccc32)=CCC1=O. The summed E-state index contributed by atoms with van der Waals surface area (Å²) in [5.41, 5.74) is 7.66. The predicted molar refractivity (Wildman–Crippen MR) is 105 cm³/mol. The normalized spacial score (nSPS) is 19.0. The Balaban J connectivity index is 1.52. The number of para-hydroxylation sites is 1. The summed E-state index contributed by atoms with van der Waals surface area (Å²) in [6, 6.07) is 15.9. The van der Waals surface area contributed by atoms with Gasteiger partial charge in [0.15, 0.2) is 0 Å². The van der Waals surface area contributed by atoms with Crippen LogP contribution in [0.3, 0.4) is 0 Å². The van der Waals surface area contributed by atoms with Gasteiger partial charge in [-0.25, -0.2) is 5.01 Å². The molecule has 2 amide bonds. The first-order valence-corrected chi connectivity index (χ1v) is 9.37. The van der Waals surface area contributed by atoms with Crippen LogP contribution in [0.5, 0.6) is 0 Å². The Morgan fingerprint density at radius 2 is 1.93 bits per heavy atom. The summed E-state index contributed by atoms with van der Waals surface area (Å²) in [6.07, 6.45) is 4.91. The summed E-state index contributed by atoms with van der Waals surface area (Å²) in [7, 11) is 0. The number of fused-ring (bicyclic) bond motifs is 1. The Kier molecular flexibility index (Phi) is 4.67. The van der Waals surface area contributed by atoms with Crippen molar-refractivity contribution in [3.63, 3.8) is 0 Å². The number of anilines is 1. The lowest BCUT2D eigenvalue weighted by molar-refractivity contribution is -0.120. The van der Waals surface area contributed by atoms with Crippen molar-refractivity contribution in [2.24, 2.45) is 0 Å². The van der Waals surface area contributed by atoms with Crippen molar-refractivity contribution in [3.05, 3.63) is 77.0 Å². The Labute approximate surface area is 159 Å². The van der Waals surface area contributed by atoms with Gasteiger partial charge in [0.1, 0.15) is 5.70 Å². The van der Waals surface area contributed by atoms with E-state index in [1.165, 1.54) is 16.1 Å². The number of amides is 2. The molecule has 0 bridgehead atoms. The van der Waals surface area contributed by atoms with Gasteiger partial charge in [-0.15, -0.1) is 0 Å². The highest BCUT2D eigenvalue weighted by Crippen LogP contribution is 2.30. The van der Waals surface area contributed by atoms with E-state index in [0.29, 0.717) is 5.70 Å². The first kappa shape index (κ1) is 17.3. The van der Waals surface area contributed by atoms with Gasteiger partial charge in [0.05, 0.1) is 11.7 Å². The molecule has 0 fully saturated rings. The number of rotatable bonds is 3. The summed E-state index contributed by atoms with van der Waals surface area (Å²) in [5.74, 6) is -0.258. The molecule has 4 rings (SSSR count). The highest BCUT2D eigenvalue weighted by Gasteiger charge is 2.27. The molecule has 0 unspecified atom stereocenters. The molecule has 2 aromatic rings. The lowest BCUT2D eigenvalue weighted by Gasteiger charge is -2.31. The number of nitrogens with zero attached hydrogens (tertiary/aromatic N) is 1. The average Bonchev–Trinajstić information content (AvgIpc) is 2.69. The Morgan fingerprint density at radius 1 is 1.15 bits per heavy atom. The van der Waals surface area contributed by atoms with Crippen LogP contribution >= 0.6 is 0 Å². The van der Waals surface area contributed by atoms with Crippen LogP contribution in [0.25, 0.3) is 0 Å². The molecule has 5 nitrogen and oxygen atoms in total. The molecule has 2 aromatic carbocycles. The van der Waals surface area contributed by atoms with Gasteiger partial charge >= 0.3 is 0 Å². The number of nitrogens with one attached hydrogen (secondary N) is 2. The monoisotopic (exact) mass is 361 g/mol. The van der Waals surface area contributed by atoms with E-state index in [-0.39, 0.29) is 24.3 Å². The third-order valence-electron chi connectivity index (χ3n) is 5.24. The molecule has 2 aliphatic rings. The maximum atomic E-state index is 12.9. The second-order valence-corrected chi connectivity index (χ2v) is 7.07. The van der Waals surface area contributed by atoms with E-state index in [1.807, 2.05) is 43.3 Å². The van der Waals surface area contributed by atoms with Crippen LogP contribution < -0.4 is 15.8 Å². The molecule has 1 aliphatic carbocycles. The highest BCUT2D eigenvalue weighted by molar-refractivity contribution is 6.01. The minimum atomic E-state index is -0.178. The number of carbonyl (C=O) groups excluding carboxylic acids is 2. The molecule has 5 heteroatoms. The van der Waals surface area contributed by atoms with Gasteiger partial charge in [0, 0.05) is 6.42 Å². The standard InChI is InChI=1S/C22H23N3O2/c1-15-7-2-5-12-20(15)25-21(26)14-13-19(24-25)22(27)23-18-11-6-9-16-8-3-4-10-17(16)18/h2-5,7-8,10,12-13,18,24H,6,9,11,14H2,1H3,(H,23,27)/t18-/m1/s1. The maximum Gasteiger partial charge on any atom is 0.269 e. The molecule has 1 heterocycles. The van der Waals surface area contributed by atoms with E-state index in [2.05, 4.69) is 22.9 Å². The fourth-order valence-electron chi connectivity index (χ4n) is 3.80. The number of hydrazine groups is 1. The van der Waals surface area contributed by atoms with Crippen molar-refractivity contribution in [2.75, 3.05) is 5.01 Å². The maximum absolute atomic E-state index is 12.9. The molecule has 0 saturated heterocycles. The fourth-order valence-corrected chi connectivity index (χ4v) is 3.80. The quantitative estimate of drug-likeness (QED) is 0.882. The largest absolute Gasteiger partial charge is 0.344 e. The van der Waals surface area contributed by atoms with Gasteiger partial charge in [-0.05, 0) is 55.0 Å². The number of hydrogen-bond acceptors (Lipinski definition) is 3. The van der Waals surface area contributed by atoms with Gasteiger partial charge in [-0.2, -0.15) is 0 Å². The van der Waals surface area contributed by atoms with Crippen molar-refractivity contribution in [3.8, 4) is 0 Å². The molecule has 2 N–H and O–H groups in total. The van der Waals surface area contributed by atoms with E-state index in [4.69, 9.17) is 0 Å². The molecule has 0 spiro atoms. The van der Waals surface area contributed by atoms with E-state index < -0.39 is 0 Å². The first-order valence-electron chi connectivity index (χ1n) is 9.37. The Hall–Kier alpha value is -3.08. The van der Waals surface area contributed by atoms with Crippen molar-refractivity contribution in [1.82, 2.24) is 10.7 Å². The van der Waals surface area contributed by atoms with Gasteiger partial charge in [-0.3, -0.25) is 15.0 Å². The molecule has 1 aliphatic heterocycles. The van der Waals surface area contributed by atoms with Crippen LogP contribution in [0, 0.1) is 6.92 Å². The zero-order valence-corrected chi connectivity index (χ0v) is 15.4. The van der Waals surface area contributed by atoms with Crippen LogP contribution in [0.1, 0.15) is 42.0 Å². The predicted octanol–water partition coefficient (Wildman–Crippen LogP) is 3.31. The lowest BCUT2D eigenvalue weighted by Crippen LogP contribution is -2.49. The first-order chi connectivity index (χ1) is 13.1. The Bertz CT molecular complexity index is 919. The molecule has 138 valence electrons. The minimum Gasteiger partial charge on any atom is -0.344 e. The Morgan fingerprint density at radius 3 is 2.78 bits per heavy atom. The van der Waals surface area contributed by atoms with E-state index in [0.717, 1.165) is 30.5 Å². The molecule has 0 radical (unpaired) electrons. The van der Waals surface area contributed by atoms with E-state index in [1.54, 1.807) is 6.08 Å². The van der Waals surface area contributed by atoms with E-state index >= 15 is 0 Å².